The van der Waals surface area contributed by atoms with Crippen LogP contribution in [0.15, 0.2) is 66.7 Å². The van der Waals surface area contributed by atoms with Gasteiger partial charge in [0, 0.05) is 40.5 Å². The zero-order valence-electron chi connectivity index (χ0n) is 20.4. The van der Waals surface area contributed by atoms with Crippen LogP contribution in [0.5, 0.6) is 0 Å². The average molecular weight is 523 g/mol. The molecule has 4 rings (SSSR count). The molecule has 0 spiro atoms. The van der Waals surface area contributed by atoms with Crippen molar-refractivity contribution >= 4 is 63.3 Å². The van der Waals surface area contributed by atoms with E-state index >= 15 is 0 Å². The summed E-state index contributed by atoms with van der Waals surface area (Å²) in [5.41, 5.74) is 5.01. The van der Waals surface area contributed by atoms with Crippen molar-refractivity contribution in [3.63, 3.8) is 0 Å². The fourth-order valence-corrected chi connectivity index (χ4v) is 4.47. The fraction of sp³-hybridized carbons (Fsp3) is 0.214. The van der Waals surface area contributed by atoms with Gasteiger partial charge in [-0.1, -0.05) is 41.4 Å². The molecule has 0 atom stereocenters. The van der Waals surface area contributed by atoms with Crippen LogP contribution in [0.25, 0.3) is 11.3 Å². The third kappa shape index (κ3) is 5.90. The SMILES string of the molecule is CC(=O)N(CCCN(C)C)c1ccc(NC(=C2C(=O)Nc3cc(Cl)ccc32)c2ccc(Cl)cc2)cc1. The number of anilines is 3. The maximum atomic E-state index is 13.1. The van der Waals surface area contributed by atoms with E-state index in [1.807, 2.05) is 56.6 Å². The zero-order chi connectivity index (χ0) is 25.8. The van der Waals surface area contributed by atoms with Crippen LogP contribution in [-0.2, 0) is 9.59 Å². The first-order valence-corrected chi connectivity index (χ1v) is 12.4. The van der Waals surface area contributed by atoms with E-state index in [-0.39, 0.29) is 11.8 Å². The smallest absolute Gasteiger partial charge is 0.258 e. The van der Waals surface area contributed by atoms with Crippen molar-refractivity contribution in [2.24, 2.45) is 0 Å². The summed E-state index contributed by atoms with van der Waals surface area (Å²) in [6.45, 7) is 3.11. The average Bonchev–Trinajstić information content (AvgIpc) is 3.15. The molecule has 1 heterocycles. The van der Waals surface area contributed by atoms with Crippen LogP contribution in [-0.4, -0.2) is 43.9 Å². The van der Waals surface area contributed by atoms with Crippen LogP contribution in [0.3, 0.4) is 0 Å². The molecular formula is C28H28Cl2N4O2. The summed E-state index contributed by atoms with van der Waals surface area (Å²) in [7, 11) is 4.03. The Morgan fingerprint density at radius 2 is 1.58 bits per heavy atom. The van der Waals surface area contributed by atoms with Gasteiger partial charge in [-0.3, -0.25) is 9.59 Å². The number of hydrogen-bond acceptors (Lipinski definition) is 4. The van der Waals surface area contributed by atoms with Crippen molar-refractivity contribution in [1.82, 2.24) is 4.90 Å². The maximum Gasteiger partial charge on any atom is 0.258 e. The van der Waals surface area contributed by atoms with Crippen LogP contribution >= 0.6 is 23.2 Å². The van der Waals surface area contributed by atoms with Crippen LogP contribution in [0.2, 0.25) is 10.0 Å². The Balaban J connectivity index is 1.68. The van der Waals surface area contributed by atoms with Crippen LogP contribution in [0, 0.1) is 0 Å². The molecule has 0 unspecified atom stereocenters. The lowest BCUT2D eigenvalue weighted by Gasteiger charge is -2.23. The lowest BCUT2D eigenvalue weighted by Crippen LogP contribution is -2.31. The molecule has 186 valence electrons. The second kappa shape index (κ2) is 11.2. The Hall–Kier alpha value is -3.32. The van der Waals surface area contributed by atoms with Gasteiger partial charge in [-0.05, 0) is 81.2 Å². The van der Waals surface area contributed by atoms with E-state index in [9.17, 15) is 9.59 Å². The number of nitrogens with one attached hydrogen (secondary N) is 2. The van der Waals surface area contributed by atoms with Gasteiger partial charge < -0.3 is 20.4 Å². The van der Waals surface area contributed by atoms with E-state index in [0.717, 1.165) is 35.5 Å². The Morgan fingerprint density at radius 3 is 2.22 bits per heavy atom. The Labute approximate surface area is 221 Å². The molecule has 0 saturated heterocycles. The van der Waals surface area contributed by atoms with Crippen LogP contribution in [0.1, 0.15) is 24.5 Å². The van der Waals surface area contributed by atoms with Crippen molar-refractivity contribution < 1.29 is 9.59 Å². The molecule has 1 aliphatic rings. The predicted octanol–water partition coefficient (Wildman–Crippen LogP) is 6.23. The summed E-state index contributed by atoms with van der Waals surface area (Å²) in [6.07, 6.45) is 0.873. The first-order chi connectivity index (χ1) is 17.2. The highest BCUT2D eigenvalue weighted by Gasteiger charge is 2.28. The number of carbonyl (C=O) groups is 2. The number of benzene rings is 3. The van der Waals surface area contributed by atoms with E-state index in [4.69, 9.17) is 23.2 Å². The quantitative estimate of drug-likeness (QED) is 0.344. The summed E-state index contributed by atoms with van der Waals surface area (Å²) < 4.78 is 0. The molecule has 0 bridgehead atoms. The van der Waals surface area contributed by atoms with Gasteiger partial charge in [-0.2, -0.15) is 0 Å². The molecule has 8 heteroatoms. The number of halogens is 2. The molecule has 0 fully saturated rings. The number of hydrogen-bond donors (Lipinski definition) is 2. The maximum absolute atomic E-state index is 13.1. The van der Waals surface area contributed by atoms with E-state index in [2.05, 4.69) is 15.5 Å². The third-order valence-corrected chi connectivity index (χ3v) is 6.41. The van der Waals surface area contributed by atoms with Crippen molar-refractivity contribution in [3.8, 4) is 0 Å². The van der Waals surface area contributed by atoms with Gasteiger partial charge in [0.1, 0.15) is 0 Å². The number of carbonyl (C=O) groups excluding carboxylic acids is 2. The lowest BCUT2D eigenvalue weighted by molar-refractivity contribution is -0.116. The summed E-state index contributed by atoms with van der Waals surface area (Å²) in [6, 6.07) is 20.3. The minimum atomic E-state index is -0.218. The molecule has 3 aromatic rings. The molecule has 6 nitrogen and oxygen atoms in total. The molecule has 2 N–H and O–H groups in total. The summed E-state index contributed by atoms with van der Waals surface area (Å²) in [5, 5.41) is 7.49. The van der Waals surface area contributed by atoms with E-state index in [1.165, 1.54) is 0 Å². The van der Waals surface area contributed by atoms with Gasteiger partial charge >= 0.3 is 0 Å². The Morgan fingerprint density at radius 1 is 0.917 bits per heavy atom. The monoisotopic (exact) mass is 522 g/mol. The predicted molar refractivity (Wildman–Crippen MR) is 150 cm³/mol. The first kappa shape index (κ1) is 25.8. The highest BCUT2D eigenvalue weighted by molar-refractivity contribution is 6.38. The summed E-state index contributed by atoms with van der Waals surface area (Å²) >= 11 is 12.3. The summed E-state index contributed by atoms with van der Waals surface area (Å²) in [4.78, 5) is 29.2. The van der Waals surface area contributed by atoms with E-state index in [1.54, 1.807) is 36.1 Å². The highest BCUT2D eigenvalue weighted by Crippen LogP contribution is 2.39. The van der Waals surface area contributed by atoms with Crippen molar-refractivity contribution in [2.45, 2.75) is 13.3 Å². The standard InChI is InChI=1S/C28H28Cl2N4O2/c1-18(35)34(16-4-15-33(2)3)23-12-10-22(11-13-23)31-27(19-5-7-20(29)8-6-19)26-24-14-9-21(30)17-25(24)32-28(26)36/h5-14,17,31H,4,15-16H2,1-3H3,(H,32,36). The minimum absolute atomic E-state index is 0.00340. The topological polar surface area (TPSA) is 64.7 Å². The normalized spacial score (nSPS) is 13.9. The number of amides is 2. The second-order valence-corrected chi connectivity index (χ2v) is 9.77. The Kier molecular flexibility index (Phi) is 7.99. The van der Waals surface area contributed by atoms with Crippen LogP contribution < -0.4 is 15.5 Å². The van der Waals surface area contributed by atoms with Crippen molar-refractivity contribution in [2.75, 3.05) is 42.7 Å². The van der Waals surface area contributed by atoms with Gasteiger partial charge in [-0.15, -0.1) is 0 Å². The molecule has 36 heavy (non-hydrogen) atoms. The molecule has 0 aliphatic carbocycles. The van der Waals surface area contributed by atoms with Crippen LogP contribution in [0.4, 0.5) is 17.1 Å². The largest absolute Gasteiger partial charge is 0.354 e. The number of fused-ring (bicyclic) bond motifs is 1. The molecule has 0 aromatic heterocycles. The molecule has 0 saturated carbocycles. The van der Waals surface area contributed by atoms with Gasteiger partial charge in [0.2, 0.25) is 5.91 Å². The highest BCUT2D eigenvalue weighted by atomic mass is 35.5. The van der Waals surface area contributed by atoms with Gasteiger partial charge in [0.15, 0.2) is 0 Å². The first-order valence-electron chi connectivity index (χ1n) is 11.6. The van der Waals surface area contributed by atoms with Gasteiger partial charge in [-0.25, -0.2) is 0 Å². The molecule has 0 radical (unpaired) electrons. The van der Waals surface area contributed by atoms with Gasteiger partial charge in [0.25, 0.3) is 5.91 Å². The van der Waals surface area contributed by atoms with E-state index in [0.29, 0.717) is 33.5 Å². The van der Waals surface area contributed by atoms with E-state index < -0.39 is 0 Å². The molecule has 2 amide bonds. The molecule has 1 aliphatic heterocycles. The number of rotatable bonds is 8. The second-order valence-electron chi connectivity index (χ2n) is 8.90. The fourth-order valence-electron chi connectivity index (χ4n) is 4.17. The zero-order valence-corrected chi connectivity index (χ0v) is 22.0. The third-order valence-electron chi connectivity index (χ3n) is 5.92. The lowest BCUT2D eigenvalue weighted by atomic mass is 10.00. The van der Waals surface area contributed by atoms with Gasteiger partial charge in [0.05, 0.1) is 17.0 Å². The number of nitrogens with zero attached hydrogens (tertiary/aromatic N) is 2. The Bertz CT molecular complexity index is 1300. The van der Waals surface area contributed by atoms with Crippen molar-refractivity contribution in [3.05, 3.63) is 87.9 Å². The minimum Gasteiger partial charge on any atom is -0.354 e. The summed E-state index contributed by atoms with van der Waals surface area (Å²) in [5.74, 6) is -0.221. The molecular weight excluding hydrogens is 495 g/mol. The molecule has 3 aromatic carbocycles. The van der Waals surface area contributed by atoms with Crippen molar-refractivity contribution in [1.29, 1.82) is 0 Å².